The van der Waals surface area contributed by atoms with Gasteiger partial charge in [0.25, 0.3) is 0 Å². The second-order valence-electron chi connectivity index (χ2n) is 5.82. The highest BCUT2D eigenvalue weighted by Crippen LogP contribution is 2.31. The van der Waals surface area contributed by atoms with Crippen LogP contribution in [0.15, 0.2) is 78.4 Å². The summed E-state index contributed by atoms with van der Waals surface area (Å²) in [6, 6.07) is 15.4. The van der Waals surface area contributed by atoms with Crippen molar-refractivity contribution in [3.63, 3.8) is 0 Å². The molecule has 0 aromatic heterocycles. The molecule has 0 saturated carbocycles. The number of fused-ring (bicyclic) bond motifs is 1. The smallest absolute Gasteiger partial charge is 0.00879 e. The Kier molecular flexibility index (Phi) is 7.89. The van der Waals surface area contributed by atoms with Crippen molar-refractivity contribution < 1.29 is 0 Å². The van der Waals surface area contributed by atoms with Crippen LogP contribution in [0.3, 0.4) is 0 Å². The van der Waals surface area contributed by atoms with Crippen molar-refractivity contribution in [1.29, 1.82) is 0 Å². The summed E-state index contributed by atoms with van der Waals surface area (Å²) in [6.07, 6.45) is 17.5. The average Bonchev–Trinajstić information content (AvgIpc) is 3.41. The van der Waals surface area contributed by atoms with E-state index >= 15 is 0 Å². The van der Waals surface area contributed by atoms with Crippen LogP contribution >= 0.6 is 0 Å². The van der Waals surface area contributed by atoms with Gasteiger partial charge in [-0.05, 0) is 52.3 Å². The van der Waals surface area contributed by atoms with E-state index in [1.54, 1.807) is 0 Å². The first kappa shape index (κ1) is 19.7. The largest absolute Gasteiger partial charge is 0.0801 e. The molecule has 2 aliphatic rings. The van der Waals surface area contributed by atoms with Crippen molar-refractivity contribution in [3.05, 3.63) is 95.1 Å². The van der Waals surface area contributed by atoms with Crippen molar-refractivity contribution in [1.82, 2.24) is 0 Å². The summed E-state index contributed by atoms with van der Waals surface area (Å²) in [5.41, 5.74) is 8.07. The standard InChI is InChI=1S/C22H18.2C2H6/c1-2-7-17(6-1)14-15-18-8-3-11-20(16-18)22-13-5-10-19-9-4-12-21(19)22;2*1-2/h1-6,8,10-16H,7,9H2;2*1-2H3/b15-14+;;. The molecule has 2 aromatic rings. The maximum atomic E-state index is 2.28. The summed E-state index contributed by atoms with van der Waals surface area (Å²) in [7, 11) is 0. The summed E-state index contributed by atoms with van der Waals surface area (Å²) < 4.78 is 0. The zero-order valence-electron chi connectivity index (χ0n) is 16.5. The van der Waals surface area contributed by atoms with Gasteiger partial charge in [0.15, 0.2) is 0 Å². The monoisotopic (exact) mass is 342 g/mol. The number of hydrogen-bond donors (Lipinski definition) is 0. The second kappa shape index (κ2) is 10.4. The first-order valence-corrected chi connectivity index (χ1v) is 9.83. The van der Waals surface area contributed by atoms with Gasteiger partial charge in [-0.25, -0.2) is 0 Å². The van der Waals surface area contributed by atoms with Crippen LogP contribution in [0.5, 0.6) is 0 Å². The molecular weight excluding hydrogens is 312 g/mol. The molecule has 0 radical (unpaired) electrons. The first-order chi connectivity index (χ1) is 12.9. The highest BCUT2D eigenvalue weighted by atomic mass is 14.1. The van der Waals surface area contributed by atoms with Crippen molar-refractivity contribution in [2.75, 3.05) is 0 Å². The van der Waals surface area contributed by atoms with E-state index < -0.39 is 0 Å². The molecule has 0 fully saturated rings. The molecule has 0 unspecified atom stereocenters. The Hall–Kier alpha value is -2.60. The second-order valence-corrected chi connectivity index (χ2v) is 5.82. The van der Waals surface area contributed by atoms with E-state index in [1.807, 2.05) is 27.7 Å². The minimum absolute atomic E-state index is 1.05. The van der Waals surface area contributed by atoms with Gasteiger partial charge in [0.2, 0.25) is 0 Å². The molecule has 2 aromatic carbocycles. The van der Waals surface area contributed by atoms with Crippen LogP contribution in [0, 0.1) is 0 Å². The van der Waals surface area contributed by atoms with Gasteiger partial charge in [0, 0.05) is 0 Å². The number of hydrogen-bond acceptors (Lipinski definition) is 0. The SMILES string of the molecule is C1=CCC(/C=C/c2cccc(-c3cccc4c3C=CC4)c2)=C1.CC.CC. The lowest BCUT2D eigenvalue weighted by Gasteiger charge is -2.09. The van der Waals surface area contributed by atoms with Gasteiger partial charge in [0.05, 0.1) is 0 Å². The van der Waals surface area contributed by atoms with Crippen molar-refractivity contribution in [2.24, 2.45) is 0 Å². The van der Waals surface area contributed by atoms with Gasteiger partial charge in [-0.1, -0.05) is 107 Å². The normalized spacial score (nSPS) is 13.6. The van der Waals surface area contributed by atoms with Gasteiger partial charge in [-0.2, -0.15) is 0 Å². The number of rotatable bonds is 3. The lowest BCUT2D eigenvalue weighted by atomic mass is 9.96. The molecule has 0 nitrogen and oxygen atoms in total. The summed E-state index contributed by atoms with van der Waals surface area (Å²) in [5.74, 6) is 0. The van der Waals surface area contributed by atoms with Gasteiger partial charge in [-0.3, -0.25) is 0 Å². The van der Waals surface area contributed by atoms with E-state index in [2.05, 4.69) is 85.0 Å². The van der Waals surface area contributed by atoms with Crippen molar-refractivity contribution in [3.8, 4) is 11.1 Å². The predicted molar refractivity (Wildman–Crippen MR) is 118 cm³/mol. The number of allylic oxidation sites excluding steroid dienone is 6. The predicted octanol–water partition coefficient (Wildman–Crippen LogP) is 7.87. The molecule has 0 aliphatic heterocycles. The Morgan fingerprint density at radius 2 is 1.62 bits per heavy atom. The van der Waals surface area contributed by atoms with Gasteiger partial charge in [0.1, 0.15) is 0 Å². The van der Waals surface area contributed by atoms with Crippen molar-refractivity contribution >= 4 is 12.2 Å². The minimum atomic E-state index is 1.05. The summed E-state index contributed by atoms with van der Waals surface area (Å²) in [4.78, 5) is 0. The van der Waals surface area contributed by atoms with E-state index in [-0.39, 0.29) is 0 Å². The summed E-state index contributed by atoms with van der Waals surface area (Å²) >= 11 is 0. The average molecular weight is 343 g/mol. The topological polar surface area (TPSA) is 0 Å². The molecule has 0 spiro atoms. The first-order valence-electron chi connectivity index (χ1n) is 9.83. The molecule has 0 saturated heterocycles. The van der Waals surface area contributed by atoms with Gasteiger partial charge < -0.3 is 0 Å². The maximum absolute atomic E-state index is 2.28. The summed E-state index contributed by atoms with van der Waals surface area (Å²) in [6.45, 7) is 8.00. The Morgan fingerprint density at radius 3 is 2.38 bits per heavy atom. The van der Waals surface area contributed by atoms with Crippen LogP contribution < -0.4 is 0 Å². The summed E-state index contributed by atoms with van der Waals surface area (Å²) in [5, 5.41) is 0. The fraction of sp³-hybridized carbons (Fsp3) is 0.231. The lowest BCUT2D eigenvalue weighted by molar-refractivity contribution is 1.31. The fourth-order valence-electron chi connectivity index (χ4n) is 3.14. The Morgan fingerprint density at radius 1 is 0.808 bits per heavy atom. The minimum Gasteiger partial charge on any atom is -0.0801 e. The van der Waals surface area contributed by atoms with Crippen LogP contribution in [0.25, 0.3) is 23.3 Å². The molecule has 0 N–H and O–H groups in total. The van der Waals surface area contributed by atoms with Crippen LogP contribution in [0.4, 0.5) is 0 Å². The highest BCUT2D eigenvalue weighted by molar-refractivity contribution is 5.80. The molecule has 0 atom stereocenters. The third kappa shape index (κ3) is 4.73. The molecule has 0 heteroatoms. The molecule has 0 bridgehead atoms. The zero-order valence-corrected chi connectivity index (χ0v) is 16.5. The molecule has 2 aliphatic carbocycles. The van der Waals surface area contributed by atoms with E-state index in [1.165, 1.54) is 33.4 Å². The third-order valence-electron chi connectivity index (χ3n) is 4.31. The molecule has 26 heavy (non-hydrogen) atoms. The van der Waals surface area contributed by atoms with E-state index in [4.69, 9.17) is 0 Å². The Labute approximate surface area is 159 Å². The van der Waals surface area contributed by atoms with Crippen LogP contribution in [-0.4, -0.2) is 0 Å². The van der Waals surface area contributed by atoms with E-state index in [0.717, 1.165) is 12.8 Å². The molecule has 0 amide bonds. The van der Waals surface area contributed by atoms with Gasteiger partial charge in [-0.15, -0.1) is 0 Å². The maximum Gasteiger partial charge on any atom is -0.00879 e. The Bertz CT molecular complexity index is 829. The van der Waals surface area contributed by atoms with Gasteiger partial charge >= 0.3 is 0 Å². The zero-order chi connectivity index (χ0) is 18.8. The van der Waals surface area contributed by atoms with Crippen LogP contribution in [0.1, 0.15) is 50.8 Å². The lowest BCUT2D eigenvalue weighted by Crippen LogP contribution is -1.87. The molecule has 4 rings (SSSR count). The van der Waals surface area contributed by atoms with Crippen LogP contribution in [-0.2, 0) is 6.42 Å². The quantitative estimate of drug-likeness (QED) is 0.532. The molecular formula is C26H30. The third-order valence-corrected chi connectivity index (χ3v) is 4.31. The fourth-order valence-corrected chi connectivity index (χ4v) is 3.14. The molecule has 134 valence electrons. The van der Waals surface area contributed by atoms with E-state index in [0.29, 0.717) is 0 Å². The Balaban J connectivity index is 0.000000570. The number of benzene rings is 2. The highest BCUT2D eigenvalue weighted by Gasteiger charge is 2.10. The van der Waals surface area contributed by atoms with Crippen molar-refractivity contribution in [2.45, 2.75) is 40.5 Å². The van der Waals surface area contributed by atoms with Crippen LogP contribution in [0.2, 0.25) is 0 Å². The molecule has 0 heterocycles. The van der Waals surface area contributed by atoms with E-state index in [9.17, 15) is 0 Å².